The maximum absolute atomic E-state index is 12.0. The minimum atomic E-state index is -0.622. The van der Waals surface area contributed by atoms with E-state index in [1.165, 1.54) is 7.05 Å². The van der Waals surface area contributed by atoms with Crippen molar-refractivity contribution in [2.45, 2.75) is 26.3 Å². The number of rotatable bonds is 1. The molecule has 2 amide bonds. The predicted molar refractivity (Wildman–Crippen MR) is 64.5 cm³/mol. The van der Waals surface area contributed by atoms with Crippen LogP contribution in [0, 0.1) is 25.2 Å². The Bertz CT molecular complexity index is 594. The van der Waals surface area contributed by atoms with Crippen molar-refractivity contribution < 1.29 is 9.59 Å². The van der Waals surface area contributed by atoms with Gasteiger partial charge >= 0.3 is 0 Å². The molecule has 0 aromatic carbocycles. The van der Waals surface area contributed by atoms with Gasteiger partial charge in [-0.25, -0.2) is 0 Å². The first-order chi connectivity index (χ1) is 8.40. The van der Waals surface area contributed by atoms with Gasteiger partial charge in [0.15, 0.2) is 0 Å². The largest absolute Gasteiger partial charge is 0.384 e. The molecule has 6 heteroatoms. The summed E-state index contributed by atoms with van der Waals surface area (Å²) in [6.07, 6.45) is 0.0966. The van der Waals surface area contributed by atoms with Gasteiger partial charge in [-0.2, -0.15) is 5.26 Å². The summed E-state index contributed by atoms with van der Waals surface area (Å²) in [5.41, 5.74) is 7.79. The number of carbonyl (C=O) groups is 2. The second kappa shape index (κ2) is 3.88. The lowest BCUT2D eigenvalue weighted by atomic mass is 10.2. The summed E-state index contributed by atoms with van der Waals surface area (Å²) in [7, 11) is 1.46. The Morgan fingerprint density at radius 1 is 1.39 bits per heavy atom. The fourth-order valence-electron chi connectivity index (χ4n) is 2.34. The first kappa shape index (κ1) is 12.2. The van der Waals surface area contributed by atoms with Gasteiger partial charge in [-0.15, -0.1) is 0 Å². The maximum atomic E-state index is 12.0. The molecule has 2 N–H and O–H groups in total. The first-order valence-electron chi connectivity index (χ1n) is 5.57. The van der Waals surface area contributed by atoms with Crippen molar-refractivity contribution in [1.82, 2.24) is 9.47 Å². The van der Waals surface area contributed by atoms with E-state index < -0.39 is 6.04 Å². The van der Waals surface area contributed by atoms with Crippen LogP contribution in [0.3, 0.4) is 0 Å². The standard InChI is InChI=1S/C12H14N4O2/c1-6-7(2)16(11(14)8(6)5-13)9-4-10(17)15(3)12(9)18/h9H,4,14H2,1-3H3. The summed E-state index contributed by atoms with van der Waals surface area (Å²) >= 11 is 0. The summed E-state index contributed by atoms with van der Waals surface area (Å²) in [6.45, 7) is 3.58. The molecule has 1 aromatic heterocycles. The molecule has 6 nitrogen and oxygen atoms in total. The van der Waals surface area contributed by atoms with Gasteiger partial charge in [0.25, 0.3) is 5.91 Å². The zero-order valence-corrected chi connectivity index (χ0v) is 10.5. The highest BCUT2D eigenvalue weighted by molar-refractivity contribution is 6.04. The van der Waals surface area contributed by atoms with Gasteiger partial charge in [-0.3, -0.25) is 14.5 Å². The molecule has 94 valence electrons. The number of hydrogen-bond donors (Lipinski definition) is 1. The Hall–Kier alpha value is -2.29. The number of nitriles is 1. The normalized spacial score (nSPS) is 19.4. The zero-order chi connectivity index (χ0) is 13.6. The van der Waals surface area contributed by atoms with E-state index in [1.54, 1.807) is 18.4 Å². The van der Waals surface area contributed by atoms with Crippen LogP contribution in [0.2, 0.25) is 0 Å². The molecule has 1 fully saturated rings. The molecule has 1 aliphatic rings. The summed E-state index contributed by atoms with van der Waals surface area (Å²) < 4.78 is 1.59. The molecular weight excluding hydrogens is 232 g/mol. The molecule has 1 aliphatic heterocycles. The highest BCUT2D eigenvalue weighted by Crippen LogP contribution is 2.32. The molecule has 0 aliphatic carbocycles. The Morgan fingerprint density at radius 2 is 2.00 bits per heavy atom. The summed E-state index contributed by atoms with van der Waals surface area (Å²) in [5.74, 6) is -0.253. The van der Waals surface area contributed by atoms with Crippen LogP contribution in [-0.4, -0.2) is 28.3 Å². The van der Waals surface area contributed by atoms with Crippen LogP contribution >= 0.6 is 0 Å². The van der Waals surface area contributed by atoms with Crippen LogP contribution in [-0.2, 0) is 9.59 Å². The highest BCUT2D eigenvalue weighted by Gasteiger charge is 2.39. The molecule has 1 atom stereocenters. The number of amides is 2. The summed E-state index contributed by atoms with van der Waals surface area (Å²) in [4.78, 5) is 24.6. The predicted octanol–water partition coefficient (Wildman–Crippen LogP) is 0.489. The fraction of sp³-hybridized carbons (Fsp3) is 0.417. The smallest absolute Gasteiger partial charge is 0.252 e. The molecule has 0 radical (unpaired) electrons. The molecule has 18 heavy (non-hydrogen) atoms. The van der Waals surface area contributed by atoms with Crippen LogP contribution in [0.1, 0.15) is 29.3 Å². The van der Waals surface area contributed by atoms with Crippen LogP contribution in [0.4, 0.5) is 5.82 Å². The second-order valence-corrected chi connectivity index (χ2v) is 4.46. The van der Waals surface area contributed by atoms with Crippen LogP contribution < -0.4 is 5.73 Å². The number of likely N-dealkylation sites (tertiary alicyclic amines) is 1. The third-order valence-corrected chi connectivity index (χ3v) is 3.58. The van der Waals surface area contributed by atoms with Gasteiger partial charge in [-0.1, -0.05) is 0 Å². The molecule has 1 aromatic rings. The monoisotopic (exact) mass is 246 g/mol. The number of carbonyl (C=O) groups excluding carboxylic acids is 2. The molecule has 0 spiro atoms. The van der Waals surface area contributed by atoms with E-state index >= 15 is 0 Å². The van der Waals surface area contributed by atoms with Crippen molar-refractivity contribution in [2.24, 2.45) is 0 Å². The van der Waals surface area contributed by atoms with Gasteiger partial charge < -0.3 is 10.3 Å². The number of nitrogen functional groups attached to an aromatic ring is 1. The average Bonchev–Trinajstić information content (AvgIpc) is 2.69. The van der Waals surface area contributed by atoms with Crippen molar-refractivity contribution in [3.05, 3.63) is 16.8 Å². The van der Waals surface area contributed by atoms with Gasteiger partial charge in [0.1, 0.15) is 17.9 Å². The summed E-state index contributed by atoms with van der Waals surface area (Å²) in [5, 5.41) is 9.04. The molecular formula is C12H14N4O2. The van der Waals surface area contributed by atoms with E-state index in [0.717, 1.165) is 16.2 Å². The average molecular weight is 246 g/mol. The topological polar surface area (TPSA) is 92.1 Å². The number of imide groups is 1. The maximum Gasteiger partial charge on any atom is 0.252 e. The molecule has 2 heterocycles. The number of aromatic nitrogens is 1. The molecule has 0 saturated carbocycles. The Balaban J connectivity index is 2.58. The van der Waals surface area contributed by atoms with Crippen molar-refractivity contribution in [3.8, 4) is 6.07 Å². The lowest BCUT2D eigenvalue weighted by molar-refractivity contribution is -0.137. The fourth-order valence-corrected chi connectivity index (χ4v) is 2.34. The third kappa shape index (κ3) is 1.40. The number of likely N-dealkylation sites (N-methyl/N-ethyl adjacent to an activating group) is 1. The van der Waals surface area contributed by atoms with E-state index in [0.29, 0.717) is 5.56 Å². The Morgan fingerprint density at radius 3 is 2.39 bits per heavy atom. The molecule has 0 bridgehead atoms. The van der Waals surface area contributed by atoms with E-state index in [2.05, 4.69) is 0 Å². The van der Waals surface area contributed by atoms with Gasteiger partial charge in [0.05, 0.1) is 12.0 Å². The van der Waals surface area contributed by atoms with Gasteiger partial charge in [0, 0.05) is 12.7 Å². The minimum Gasteiger partial charge on any atom is -0.384 e. The Kier molecular flexibility index (Phi) is 2.62. The lowest BCUT2D eigenvalue weighted by Gasteiger charge is -2.15. The van der Waals surface area contributed by atoms with E-state index in [1.807, 2.05) is 6.07 Å². The molecule has 1 saturated heterocycles. The number of nitrogens with zero attached hydrogens (tertiary/aromatic N) is 3. The summed E-state index contributed by atoms with van der Waals surface area (Å²) in [6, 6.07) is 1.41. The minimum absolute atomic E-state index is 0.0966. The number of hydrogen-bond acceptors (Lipinski definition) is 4. The lowest BCUT2D eigenvalue weighted by Crippen LogP contribution is -2.27. The zero-order valence-electron chi connectivity index (χ0n) is 10.5. The van der Waals surface area contributed by atoms with Crippen molar-refractivity contribution in [1.29, 1.82) is 5.26 Å². The quantitative estimate of drug-likeness (QED) is 0.730. The Labute approximate surface area is 105 Å². The van der Waals surface area contributed by atoms with Crippen molar-refractivity contribution in [2.75, 3.05) is 12.8 Å². The SMILES string of the molecule is Cc1c(C#N)c(N)n(C2CC(=O)N(C)C2=O)c1C. The molecule has 2 rings (SSSR count). The third-order valence-electron chi connectivity index (χ3n) is 3.58. The van der Waals surface area contributed by atoms with Crippen molar-refractivity contribution >= 4 is 17.6 Å². The first-order valence-corrected chi connectivity index (χ1v) is 5.57. The van der Waals surface area contributed by atoms with E-state index in [-0.39, 0.29) is 24.1 Å². The van der Waals surface area contributed by atoms with Gasteiger partial charge in [-0.05, 0) is 19.4 Å². The van der Waals surface area contributed by atoms with Gasteiger partial charge in [0.2, 0.25) is 5.91 Å². The van der Waals surface area contributed by atoms with Crippen LogP contribution in [0.25, 0.3) is 0 Å². The van der Waals surface area contributed by atoms with Crippen LogP contribution in [0.5, 0.6) is 0 Å². The van der Waals surface area contributed by atoms with E-state index in [4.69, 9.17) is 11.0 Å². The van der Waals surface area contributed by atoms with Crippen molar-refractivity contribution in [3.63, 3.8) is 0 Å². The van der Waals surface area contributed by atoms with Crippen LogP contribution in [0.15, 0.2) is 0 Å². The van der Waals surface area contributed by atoms with E-state index in [9.17, 15) is 9.59 Å². The number of anilines is 1. The number of nitrogens with two attached hydrogens (primary N) is 1. The molecule has 1 unspecified atom stereocenters. The second-order valence-electron chi connectivity index (χ2n) is 4.46. The highest BCUT2D eigenvalue weighted by atomic mass is 16.2.